The van der Waals surface area contributed by atoms with Crippen LogP contribution in [0.3, 0.4) is 0 Å². The molecule has 0 aromatic heterocycles. The number of halogens is 1. The van der Waals surface area contributed by atoms with E-state index in [1.807, 2.05) is 50.2 Å². The topological polar surface area (TPSA) is 52.6 Å². The number of hydrogen-bond acceptors (Lipinski definition) is 4. The van der Waals surface area contributed by atoms with Crippen molar-refractivity contribution in [2.24, 2.45) is 0 Å². The van der Waals surface area contributed by atoms with E-state index in [-0.39, 0.29) is 11.7 Å². The maximum atomic E-state index is 14.5. The zero-order chi connectivity index (χ0) is 25.9. The minimum absolute atomic E-state index is 0.275. The van der Waals surface area contributed by atoms with Crippen molar-refractivity contribution in [3.63, 3.8) is 0 Å². The quantitative estimate of drug-likeness (QED) is 0.285. The van der Waals surface area contributed by atoms with Crippen LogP contribution in [0.25, 0.3) is 0 Å². The van der Waals surface area contributed by atoms with Gasteiger partial charge in [0.05, 0.1) is 17.0 Å². The van der Waals surface area contributed by atoms with Gasteiger partial charge in [0.15, 0.2) is 6.10 Å². The Bertz CT molecular complexity index is 1420. The van der Waals surface area contributed by atoms with Crippen LogP contribution < -0.4 is 0 Å². The van der Waals surface area contributed by atoms with Crippen molar-refractivity contribution in [2.45, 2.75) is 37.9 Å². The molecule has 0 bridgehead atoms. The van der Waals surface area contributed by atoms with Crippen molar-refractivity contribution in [2.75, 3.05) is 0 Å². The third-order valence-electron chi connectivity index (χ3n) is 7.05. The van der Waals surface area contributed by atoms with E-state index in [2.05, 4.69) is 0 Å². The van der Waals surface area contributed by atoms with E-state index in [1.54, 1.807) is 54.6 Å². The SMILES string of the molecule is Cc1ccc(F)cc1C1c2ccccc2C(C)C(OC(=O)c2ccccc2)C1OC(=O)c1ccccc1. The standard InChI is InChI=1S/C32H27FO4/c1-20-17-18-24(33)19-27(20)28-26-16-10-9-15-25(26)21(2)29(36-31(34)22-11-5-3-6-12-22)30(28)37-32(35)23-13-7-4-8-14-23/h3-19,21,28-30H,1-2H3. The molecule has 0 aliphatic heterocycles. The van der Waals surface area contributed by atoms with Crippen LogP contribution >= 0.6 is 0 Å². The number of carbonyl (C=O) groups excluding carboxylic acids is 2. The van der Waals surface area contributed by atoms with E-state index < -0.39 is 30.1 Å². The molecule has 0 radical (unpaired) electrons. The molecule has 4 nitrogen and oxygen atoms in total. The fraction of sp³-hybridized carbons (Fsp3) is 0.188. The summed E-state index contributed by atoms with van der Waals surface area (Å²) >= 11 is 0. The molecule has 4 aromatic carbocycles. The second-order valence-corrected chi connectivity index (χ2v) is 9.37. The minimum atomic E-state index is -0.884. The Morgan fingerprint density at radius 2 is 1.16 bits per heavy atom. The Balaban J connectivity index is 1.64. The number of carbonyl (C=O) groups is 2. The molecular formula is C32H27FO4. The predicted octanol–water partition coefficient (Wildman–Crippen LogP) is 6.83. The first-order chi connectivity index (χ1) is 17.9. The van der Waals surface area contributed by atoms with Crippen molar-refractivity contribution in [3.8, 4) is 0 Å². The molecule has 0 saturated heterocycles. The summed E-state index contributed by atoms with van der Waals surface area (Å²) < 4.78 is 26.8. The normalized spacial score (nSPS) is 20.5. The molecule has 0 spiro atoms. The lowest BCUT2D eigenvalue weighted by Crippen LogP contribution is -2.46. The van der Waals surface area contributed by atoms with Crippen molar-refractivity contribution >= 4 is 11.9 Å². The zero-order valence-corrected chi connectivity index (χ0v) is 20.6. The highest BCUT2D eigenvalue weighted by Crippen LogP contribution is 2.46. The highest BCUT2D eigenvalue weighted by Gasteiger charge is 2.47. The molecule has 4 unspecified atom stereocenters. The van der Waals surface area contributed by atoms with Gasteiger partial charge < -0.3 is 9.47 Å². The monoisotopic (exact) mass is 494 g/mol. The maximum Gasteiger partial charge on any atom is 0.338 e. The summed E-state index contributed by atoms with van der Waals surface area (Å²) in [6, 6.07) is 29.8. The molecule has 0 N–H and O–H groups in total. The Morgan fingerprint density at radius 1 is 0.649 bits per heavy atom. The highest BCUT2D eigenvalue weighted by atomic mass is 19.1. The van der Waals surface area contributed by atoms with Gasteiger partial charge in [-0.1, -0.05) is 73.7 Å². The van der Waals surface area contributed by atoms with Gasteiger partial charge in [0, 0.05) is 5.92 Å². The third-order valence-corrected chi connectivity index (χ3v) is 7.05. The minimum Gasteiger partial charge on any atom is -0.454 e. The van der Waals surface area contributed by atoms with E-state index >= 15 is 0 Å². The van der Waals surface area contributed by atoms with Crippen molar-refractivity contribution in [1.29, 1.82) is 0 Å². The van der Waals surface area contributed by atoms with Gasteiger partial charge in [-0.15, -0.1) is 0 Å². The van der Waals surface area contributed by atoms with Crippen LogP contribution in [-0.2, 0) is 9.47 Å². The van der Waals surface area contributed by atoms with Gasteiger partial charge in [0.2, 0.25) is 0 Å². The summed E-state index contributed by atoms with van der Waals surface area (Å²) in [5.41, 5.74) is 4.21. The molecule has 4 atom stereocenters. The molecule has 5 heteroatoms. The summed E-state index contributed by atoms with van der Waals surface area (Å²) in [5.74, 6) is -2.24. The smallest absolute Gasteiger partial charge is 0.338 e. The maximum absolute atomic E-state index is 14.5. The summed E-state index contributed by atoms with van der Waals surface area (Å²) in [7, 11) is 0. The average Bonchev–Trinajstić information content (AvgIpc) is 2.93. The number of esters is 2. The first-order valence-corrected chi connectivity index (χ1v) is 12.3. The lowest BCUT2D eigenvalue weighted by molar-refractivity contribution is -0.0532. The molecule has 5 rings (SSSR count). The van der Waals surface area contributed by atoms with Crippen LogP contribution in [0.5, 0.6) is 0 Å². The van der Waals surface area contributed by atoms with E-state index in [0.717, 1.165) is 16.7 Å². The third kappa shape index (κ3) is 4.90. The van der Waals surface area contributed by atoms with Crippen LogP contribution in [0.2, 0.25) is 0 Å². The fourth-order valence-corrected chi connectivity index (χ4v) is 5.16. The second kappa shape index (κ2) is 10.4. The van der Waals surface area contributed by atoms with E-state index in [0.29, 0.717) is 16.7 Å². The molecule has 0 heterocycles. The molecular weight excluding hydrogens is 467 g/mol. The first-order valence-electron chi connectivity index (χ1n) is 12.3. The molecule has 1 aliphatic carbocycles. The van der Waals surface area contributed by atoms with Gasteiger partial charge in [-0.2, -0.15) is 0 Å². The molecule has 0 amide bonds. The number of ether oxygens (including phenoxy) is 2. The predicted molar refractivity (Wildman–Crippen MR) is 139 cm³/mol. The number of fused-ring (bicyclic) bond motifs is 1. The largest absolute Gasteiger partial charge is 0.454 e. The summed E-state index contributed by atoms with van der Waals surface area (Å²) in [4.78, 5) is 26.5. The van der Waals surface area contributed by atoms with Crippen LogP contribution in [0.1, 0.15) is 61.7 Å². The Kier molecular flexibility index (Phi) is 6.87. The van der Waals surface area contributed by atoms with Crippen molar-refractivity contribution in [3.05, 3.63) is 142 Å². The number of rotatable bonds is 5. The molecule has 0 fully saturated rings. The van der Waals surface area contributed by atoms with Gasteiger partial charge in [0.25, 0.3) is 0 Å². The number of hydrogen-bond donors (Lipinski definition) is 0. The second-order valence-electron chi connectivity index (χ2n) is 9.37. The Labute approximate surface area is 215 Å². The van der Waals surface area contributed by atoms with Crippen LogP contribution in [0.15, 0.2) is 103 Å². The van der Waals surface area contributed by atoms with Gasteiger partial charge in [-0.25, -0.2) is 14.0 Å². The molecule has 0 saturated carbocycles. The average molecular weight is 495 g/mol. The fourth-order valence-electron chi connectivity index (χ4n) is 5.16. The van der Waals surface area contributed by atoms with Crippen LogP contribution in [0.4, 0.5) is 4.39 Å². The molecule has 1 aliphatic rings. The summed E-state index contributed by atoms with van der Waals surface area (Å²) in [5, 5.41) is 0. The van der Waals surface area contributed by atoms with Gasteiger partial charge >= 0.3 is 11.9 Å². The van der Waals surface area contributed by atoms with Crippen LogP contribution in [0, 0.1) is 12.7 Å². The lowest BCUT2D eigenvalue weighted by Gasteiger charge is -2.42. The van der Waals surface area contributed by atoms with Gasteiger partial charge in [-0.3, -0.25) is 0 Å². The Hall–Kier alpha value is -4.25. The van der Waals surface area contributed by atoms with Crippen molar-refractivity contribution < 1.29 is 23.5 Å². The van der Waals surface area contributed by atoms with E-state index in [1.165, 1.54) is 12.1 Å². The number of aryl methyl sites for hydroxylation is 1. The first kappa shape index (κ1) is 24.4. The molecule has 186 valence electrons. The van der Waals surface area contributed by atoms with Crippen LogP contribution in [-0.4, -0.2) is 24.1 Å². The summed E-state index contributed by atoms with van der Waals surface area (Å²) in [6.45, 7) is 3.86. The van der Waals surface area contributed by atoms with Gasteiger partial charge in [0.1, 0.15) is 11.9 Å². The summed E-state index contributed by atoms with van der Waals surface area (Å²) in [6.07, 6.45) is -1.69. The van der Waals surface area contributed by atoms with Gasteiger partial charge in [-0.05, 0) is 65.6 Å². The zero-order valence-electron chi connectivity index (χ0n) is 20.6. The van der Waals surface area contributed by atoms with Crippen molar-refractivity contribution in [1.82, 2.24) is 0 Å². The van der Waals surface area contributed by atoms with E-state index in [4.69, 9.17) is 9.47 Å². The lowest BCUT2D eigenvalue weighted by atomic mass is 9.70. The number of benzene rings is 4. The highest BCUT2D eigenvalue weighted by molar-refractivity contribution is 5.90. The Morgan fingerprint density at radius 3 is 1.76 bits per heavy atom. The van der Waals surface area contributed by atoms with E-state index in [9.17, 15) is 14.0 Å². The molecule has 37 heavy (non-hydrogen) atoms. The molecule has 4 aromatic rings.